The summed E-state index contributed by atoms with van der Waals surface area (Å²) in [5.41, 5.74) is 7.01. The van der Waals surface area contributed by atoms with Crippen molar-refractivity contribution in [3.8, 4) is 0 Å². The molecule has 0 aliphatic rings. The smallest absolute Gasteiger partial charge is 0.0632 e. The Morgan fingerprint density at radius 3 is 2.93 bits per heavy atom. The highest BCUT2D eigenvalue weighted by atomic mass is 32.1. The zero-order chi connectivity index (χ0) is 10.1. The maximum Gasteiger partial charge on any atom is 0.0632 e. The Bertz CT molecular complexity index is 449. The first-order valence-corrected chi connectivity index (χ1v) is 5.39. The number of hydrogen-bond acceptors (Lipinski definition) is 3. The van der Waals surface area contributed by atoms with Crippen molar-refractivity contribution in [3.63, 3.8) is 0 Å². The Labute approximate surface area is 87.0 Å². The van der Waals surface area contributed by atoms with Gasteiger partial charge < -0.3 is 10.8 Å². The first-order chi connectivity index (χ1) is 6.70. The molecule has 1 aromatic heterocycles. The highest BCUT2D eigenvalue weighted by Crippen LogP contribution is 2.29. The van der Waals surface area contributed by atoms with Crippen LogP contribution in [0.1, 0.15) is 16.5 Å². The molecule has 3 N–H and O–H groups in total. The van der Waals surface area contributed by atoms with Crippen LogP contribution in [0.3, 0.4) is 0 Å². The van der Waals surface area contributed by atoms with Crippen LogP contribution in [0.2, 0.25) is 0 Å². The van der Waals surface area contributed by atoms with Gasteiger partial charge in [0.2, 0.25) is 0 Å². The molecule has 1 heterocycles. The van der Waals surface area contributed by atoms with E-state index in [2.05, 4.69) is 31.2 Å². The van der Waals surface area contributed by atoms with E-state index in [1.807, 2.05) is 0 Å². The molecule has 0 fully saturated rings. The topological polar surface area (TPSA) is 46.2 Å². The molecule has 14 heavy (non-hydrogen) atoms. The van der Waals surface area contributed by atoms with E-state index in [9.17, 15) is 0 Å². The fourth-order valence-electron chi connectivity index (χ4n) is 1.46. The highest BCUT2D eigenvalue weighted by molar-refractivity contribution is 7.19. The van der Waals surface area contributed by atoms with Gasteiger partial charge in [-0.05, 0) is 24.4 Å². The van der Waals surface area contributed by atoms with Gasteiger partial charge in [0.1, 0.15) is 0 Å². The van der Waals surface area contributed by atoms with Gasteiger partial charge in [-0.3, -0.25) is 0 Å². The molecule has 0 saturated carbocycles. The number of nitrogens with two attached hydrogens (primary N) is 1. The van der Waals surface area contributed by atoms with E-state index < -0.39 is 0 Å². The third-order valence-corrected chi connectivity index (χ3v) is 3.50. The van der Waals surface area contributed by atoms with Crippen LogP contribution < -0.4 is 5.73 Å². The minimum atomic E-state index is -0.243. The maximum atomic E-state index is 8.95. The molecule has 2 aromatic rings. The van der Waals surface area contributed by atoms with Crippen LogP contribution in [0.25, 0.3) is 10.1 Å². The molecule has 1 atom stereocenters. The summed E-state index contributed by atoms with van der Waals surface area (Å²) >= 11 is 1.65. The summed E-state index contributed by atoms with van der Waals surface area (Å²) in [6, 6.07) is 8.15. The Morgan fingerprint density at radius 2 is 2.21 bits per heavy atom. The summed E-state index contributed by atoms with van der Waals surface area (Å²) in [6.07, 6.45) is 0. The van der Waals surface area contributed by atoms with Gasteiger partial charge >= 0.3 is 0 Å². The Hall–Kier alpha value is -0.900. The zero-order valence-corrected chi connectivity index (χ0v) is 8.84. The molecule has 0 aliphatic heterocycles. The van der Waals surface area contributed by atoms with E-state index in [-0.39, 0.29) is 12.6 Å². The highest BCUT2D eigenvalue weighted by Gasteiger charge is 2.08. The van der Waals surface area contributed by atoms with Crippen molar-refractivity contribution in [2.24, 2.45) is 5.73 Å². The molecule has 0 aliphatic carbocycles. The van der Waals surface area contributed by atoms with Crippen molar-refractivity contribution >= 4 is 21.4 Å². The lowest BCUT2D eigenvalue weighted by Gasteiger charge is -2.02. The number of rotatable bonds is 2. The largest absolute Gasteiger partial charge is 0.394 e. The van der Waals surface area contributed by atoms with Gasteiger partial charge in [-0.1, -0.05) is 17.7 Å². The van der Waals surface area contributed by atoms with Crippen LogP contribution in [-0.2, 0) is 0 Å². The SMILES string of the molecule is Cc1ccc2sc([C@@H](N)CO)cc2c1. The molecule has 0 bridgehead atoms. The summed E-state index contributed by atoms with van der Waals surface area (Å²) in [4.78, 5) is 1.05. The van der Waals surface area contributed by atoms with Crippen molar-refractivity contribution in [2.45, 2.75) is 13.0 Å². The summed E-state index contributed by atoms with van der Waals surface area (Å²) in [6.45, 7) is 2.08. The number of aryl methyl sites for hydroxylation is 1. The van der Waals surface area contributed by atoms with Crippen molar-refractivity contribution in [1.29, 1.82) is 0 Å². The number of aliphatic hydroxyl groups excluding tert-OH is 1. The molecule has 2 nitrogen and oxygen atoms in total. The van der Waals surface area contributed by atoms with Crippen LogP contribution in [0.5, 0.6) is 0 Å². The lowest BCUT2D eigenvalue weighted by atomic mass is 10.1. The normalized spacial score (nSPS) is 13.4. The van der Waals surface area contributed by atoms with Gasteiger partial charge in [0.05, 0.1) is 12.6 Å². The summed E-state index contributed by atoms with van der Waals surface area (Å²) in [5, 5.41) is 10.2. The average Bonchev–Trinajstić information content (AvgIpc) is 2.59. The monoisotopic (exact) mass is 207 g/mol. The molecule has 0 spiro atoms. The second-order valence-corrected chi connectivity index (χ2v) is 4.59. The van der Waals surface area contributed by atoms with Gasteiger partial charge in [0, 0.05) is 9.58 Å². The Balaban J connectivity index is 2.51. The van der Waals surface area contributed by atoms with Gasteiger partial charge in [-0.25, -0.2) is 0 Å². The minimum Gasteiger partial charge on any atom is -0.394 e. The van der Waals surface area contributed by atoms with Gasteiger partial charge in [0.15, 0.2) is 0 Å². The number of hydrogen-bond donors (Lipinski definition) is 2. The van der Waals surface area contributed by atoms with Gasteiger partial charge in [-0.15, -0.1) is 11.3 Å². The standard InChI is InChI=1S/C11H13NOS/c1-7-2-3-10-8(4-7)5-11(14-10)9(12)6-13/h2-5,9,13H,6,12H2,1H3/t9-/m0/s1. The zero-order valence-electron chi connectivity index (χ0n) is 8.03. The molecule has 0 radical (unpaired) electrons. The predicted molar refractivity (Wildman–Crippen MR) is 60.6 cm³/mol. The van der Waals surface area contributed by atoms with E-state index in [1.165, 1.54) is 15.6 Å². The van der Waals surface area contributed by atoms with E-state index in [0.29, 0.717) is 0 Å². The Kier molecular flexibility index (Phi) is 2.54. The van der Waals surface area contributed by atoms with Crippen molar-refractivity contribution in [2.75, 3.05) is 6.61 Å². The van der Waals surface area contributed by atoms with E-state index in [0.717, 1.165) is 4.88 Å². The fraction of sp³-hybridized carbons (Fsp3) is 0.273. The van der Waals surface area contributed by atoms with Gasteiger partial charge in [0.25, 0.3) is 0 Å². The lowest BCUT2D eigenvalue weighted by Crippen LogP contribution is -2.12. The quantitative estimate of drug-likeness (QED) is 0.793. The van der Waals surface area contributed by atoms with E-state index >= 15 is 0 Å². The molecular formula is C11H13NOS. The number of thiophene rings is 1. The fourth-order valence-corrected chi connectivity index (χ4v) is 2.49. The van der Waals surface area contributed by atoms with Crippen molar-refractivity contribution in [3.05, 3.63) is 34.7 Å². The van der Waals surface area contributed by atoms with E-state index in [1.54, 1.807) is 11.3 Å². The second kappa shape index (κ2) is 3.69. The minimum absolute atomic E-state index is 0.00576. The third-order valence-electron chi connectivity index (χ3n) is 2.25. The summed E-state index contributed by atoms with van der Waals surface area (Å²) in [7, 11) is 0. The van der Waals surface area contributed by atoms with Crippen LogP contribution in [-0.4, -0.2) is 11.7 Å². The molecule has 74 valence electrons. The van der Waals surface area contributed by atoms with Crippen LogP contribution in [0.4, 0.5) is 0 Å². The molecular weight excluding hydrogens is 194 g/mol. The molecule has 0 unspecified atom stereocenters. The molecule has 1 aromatic carbocycles. The Morgan fingerprint density at radius 1 is 1.43 bits per heavy atom. The second-order valence-electron chi connectivity index (χ2n) is 3.48. The van der Waals surface area contributed by atoms with Crippen molar-refractivity contribution < 1.29 is 5.11 Å². The lowest BCUT2D eigenvalue weighted by molar-refractivity contribution is 0.269. The van der Waals surface area contributed by atoms with Crippen LogP contribution in [0.15, 0.2) is 24.3 Å². The number of fused-ring (bicyclic) bond motifs is 1. The predicted octanol–water partition coefficient (Wildman–Crippen LogP) is 2.20. The van der Waals surface area contributed by atoms with E-state index in [4.69, 9.17) is 10.8 Å². The molecule has 0 saturated heterocycles. The number of benzene rings is 1. The maximum absolute atomic E-state index is 8.95. The summed E-state index contributed by atoms with van der Waals surface area (Å²) in [5.74, 6) is 0. The number of aliphatic hydroxyl groups is 1. The molecule has 0 amide bonds. The van der Waals surface area contributed by atoms with Crippen molar-refractivity contribution in [1.82, 2.24) is 0 Å². The first-order valence-electron chi connectivity index (χ1n) is 4.57. The third kappa shape index (κ3) is 1.66. The van der Waals surface area contributed by atoms with Crippen LogP contribution in [0, 0.1) is 6.92 Å². The first kappa shape index (κ1) is 9.65. The van der Waals surface area contributed by atoms with Gasteiger partial charge in [-0.2, -0.15) is 0 Å². The average molecular weight is 207 g/mol. The summed E-state index contributed by atoms with van der Waals surface area (Å²) < 4.78 is 1.23. The van der Waals surface area contributed by atoms with Crippen LogP contribution >= 0.6 is 11.3 Å². The molecule has 2 rings (SSSR count). The molecule has 3 heteroatoms.